The number of hydrogen-bond donors (Lipinski definition) is 0. The van der Waals surface area contributed by atoms with E-state index in [1.165, 1.54) is 154 Å². The van der Waals surface area contributed by atoms with Gasteiger partial charge in [-0.1, -0.05) is 124 Å². The summed E-state index contributed by atoms with van der Waals surface area (Å²) in [5, 5.41) is 0. The third-order valence-corrected chi connectivity index (χ3v) is 11.9. The average molecular weight is 844 g/mol. The molecule has 1 aliphatic heterocycles. The average Bonchev–Trinajstić information content (AvgIpc) is 3.50. The van der Waals surface area contributed by atoms with E-state index in [4.69, 9.17) is 7.76 Å². The molecular weight excluding hydrogens is 755 g/mol. The Kier molecular flexibility index (Phi) is 30.2. The van der Waals surface area contributed by atoms with Crippen LogP contribution in [0.15, 0.2) is 47.5 Å². The molecular formula is C53H88N2NiO2. The minimum atomic E-state index is 0.808. The van der Waals surface area contributed by atoms with E-state index in [-0.39, 0.29) is 0 Å². The van der Waals surface area contributed by atoms with Gasteiger partial charge in [-0.05, 0) is 124 Å². The maximum atomic E-state index is 12.5. The molecule has 0 radical (unpaired) electrons. The van der Waals surface area contributed by atoms with Gasteiger partial charge in [0.1, 0.15) is 0 Å². The Labute approximate surface area is 365 Å². The first-order valence-corrected chi connectivity index (χ1v) is 25.3. The molecule has 5 heteroatoms. The molecule has 0 saturated heterocycles. The first kappa shape index (κ1) is 52.1. The third-order valence-electron chi connectivity index (χ3n) is 11.3. The van der Waals surface area contributed by atoms with Gasteiger partial charge >= 0.3 is 75.6 Å². The van der Waals surface area contributed by atoms with E-state index in [1.807, 2.05) is 0 Å². The third kappa shape index (κ3) is 20.0. The van der Waals surface area contributed by atoms with Crippen LogP contribution in [-0.4, -0.2) is 17.9 Å². The summed E-state index contributed by atoms with van der Waals surface area (Å²) in [6.45, 7) is 19.7. The van der Waals surface area contributed by atoms with Crippen LogP contribution in [-0.2, 0) is 48.5 Å². The number of allylic oxidation sites excluding steroid dienone is 2. The number of aryl methyl sites for hydroxylation is 4. The van der Waals surface area contributed by atoms with Crippen LogP contribution in [0.3, 0.4) is 0 Å². The van der Waals surface area contributed by atoms with Crippen molar-refractivity contribution in [3.63, 3.8) is 0 Å². The Morgan fingerprint density at radius 2 is 0.672 bits per heavy atom. The molecule has 1 heterocycles. The van der Waals surface area contributed by atoms with Gasteiger partial charge in [-0.2, -0.15) is 0 Å². The second-order valence-corrected chi connectivity index (χ2v) is 17.5. The van der Waals surface area contributed by atoms with E-state index in [0.717, 1.165) is 104 Å². The van der Waals surface area contributed by atoms with E-state index in [9.17, 15) is 5.53 Å². The van der Waals surface area contributed by atoms with Gasteiger partial charge in [0.15, 0.2) is 0 Å². The van der Waals surface area contributed by atoms with Gasteiger partial charge in [0.2, 0.25) is 11.4 Å². The molecule has 0 N–H and O–H groups in total. The van der Waals surface area contributed by atoms with Gasteiger partial charge in [0, 0.05) is 22.3 Å². The summed E-state index contributed by atoms with van der Waals surface area (Å²) in [5.41, 5.74) is 25.6. The zero-order chi connectivity index (χ0) is 42.2. The summed E-state index contributed by atoms with van der Waals surface area (Å²) in [4.78, 5) is 0. The first-order chi connectivity index (χ1) is 28.4. The van der Waals surface area contributed by atoms with Gasteiger partial charge in [-0.25, -0.2) is 4.70 Å². The van der Waals surface area contributed by atoms with Gasteiger partial charge in [0.05, 0.1) is 0 Å². The van der Waals surface area contributed by atoms with Crippen LogP contribution in [0, 0.1) is 0 Å². The quantitative estimate of drug-likeness (QED) is 0.0408. The van der Waals surface area contributed by atoms with Crippen LogP contribution in [0.25, 0.3) is 16.9 Å². The summed E-state index contributed by atoms with van der Waals surface area (Å²) < 4.78 is 11.9. The monoisotopic (exact) mass is 843 g/mol. The van der Waals surface area contributed by atoms with E-state index in [0.29, 0.717) is 0 Å². The molecule has 0 amide bonds. The summed E-state index contributed by atoms with van der Waals surface area (Å²) in [6.07, 6.45) is 32.1. The molecule has 4 nitrogen and oxygen atoms in total. The van der Waals surface area contributed by atoms with Gasteiger partial charge in [0.25, 0.3) is 0 Å². The number of nitrogens with zero attached hydrogens (tertiary/aromatic N) is 2. The van der Waals surface area contributed by atoms with Gasteiger partial charge in [-0.15, -0.1) is 0 Å². The van der Waals surface area contributed by atoms with Crippen molar-refractivity contribution in [3.8, 4) is 0 Å². The van der Waals surface area contributed by atoms with Crippen LogP contribution in [0.1, 0.15) is 236 Å². The van der Waals surface area contributed by atoms with Crippen molar-refractivity contribution in [2.75, 3.05) is 13.2 Å². The van der Waals surface area contributed by atoms with Crippen LogP contribution in [0.5, 0.6) is 0 Å². The summed E-state index contributed by atoms with van der Waals surface area (Å²) in [5.74, 6) is 0. The fraction of sp³-hybridized carbons (Fsp3) is 0.698. The second-order valence-electron chi connectivity index (χ2n) is 16.8. The van der Waals surface area contributed by atoms with E-state index in [1.54, 1.807) is 4.70 Å². The maximum absolute atomic E-state index is 12.5. The molecule has 2 aromatic carbocycles. The molecule has 58 heavy (non-hydrogen) atoms. The van der Waals surface area contributed by atoms with E-state index < -0.39 is 0 Å². The number of unbranched alkanes of at least 4 members (excludes halogenated alkanes) is 13. The number of benzene rings is 2. The molecule has 3 rings (SSSR count). The predicted octanol–water partition coefficient (Wildman–Crippen LogP) is 17.1. The van der Waals surface area contributed by atoms with E-state index >= 15 is 0 Å². The summed E-state index contributed by atoms with van der Waals surface area (Å²) in [7, 11) is 0. The van der Waals surface area contributed by atoms with Crippen molar-refractivity contribution in [1.82, 2.24) is 0 Å². The number of hydrogen-bond acceptors (Lipinski definition) is 2. The zero-order valence-corrected chi connectivity index (χ0v) is 40.0. The van der Waals surface area contributed by atoms with Crippen LogP contribution in [0.2, 0.25) is 0 Å². The first-order valence-electron chi connectivity index (χ1n) is 24.5. The van der Waals surface area contributed by atoms with Crippen molar-refractivity contribution in [2.24, 2.45) is 0 Å². The molecule has 2 aromatic rings. The van der Waals surface area contributed by atoms with Gasteiger partial charge < -0.3 is 5.53 Å². The van der Waals surface area contributed by atoms with Crippen molar-refractivity contribution in [3.05, 3.63) is 86.5 Å². The van der Waals surface area contributed by atoms with Crippen molar-refractivity contribution >= 4 is 11.4 Å². The standard InChI is InChI=1S/C45H70N2.2C4H9O.Ni/c1-7-13-19-24-36-30-37(25-20-14-8-2)33-40(32-36)44-42(28-18-12-6)43(29-23-17-11-5)45(47(44)46)41-34-38(26-21-15-9-3)31-39(35-41)27-22-16-10-4;2*1-2-3-4-5;/h30-35H,7-29H2,1-6H3;2*2-4H2,1H3;/q;2*-1;+2. The Bertz CT molecular complexity index is 1400. The van der Waals surface area contributed by atoms with Crippen LogP contribution < -0.4 is 0 Å². The van der Waals surface area contributed by atoms with Crippen molar-refractivity contribution < 1.29 is 27.5 Å². The molecule has 1 aliphatic rings. The van der Waals surface area contributed by atoms with E-state index in [2.05, 4.69) is 91.8 Å². The minimum absolute atomic E-state index is 0.808. The molecule has 0 unspecified atom stereocenters. The topological polar surface area (TPSA) is 43.8 Å². The fourth-order valence-corrected chi connectivity index (χ4v) is 8.37. The Hall–Kier alpha value is -2.07. The van der Waals surface area contributed by atoms with Crippen LogP contribution in [0.4, 0.5) is 0 Å². The summed E-state index contributed by atoms with van der Waals surface area (Å²) in [6, 6.07) is 14.6. The molecule has 0 saturated carbocycles. The Morgan fingerprint density at radius 3 is 0.983 bits per heavy atom. The fourth-order valence-electron chi connectivity index (χ4n) is 7.84. The molecule has 0 bridgehead atoms. The van der Waals surface area contributed by atoms with Gasteiger partial charge in [-0.3, -0.25) is 0 Å². The molecule has 332 valence electrons. The molecule has 0 aromatic heterocycles. The second kappa shape index (κ2) is 33.6. The SMILES string of the molecule is CCCCCC1=C(c2cc(CCCCC)cc(CCCCC)c2)[N+](=[N-])C(c2cc(CCCCC)cc(CCCCC)c2)=C1CCCC.CCCC[O][Ni][O]CCCC. The Morgan fingerprint density at radius 1 is 0.379 bits per heavy atom. The molecule has 0 spiro atoms. The number of rotatable bonds is 33. The normalized spacial score (nSPS) is 12.9. The molecule has 0 fully saturated rings. The van der Waals surface area contributed by atoms with Crippen LogP contribution >= 0.6 is 0 Å². The van der Waals surface area contributed by atoms with Crippen molar-refractivity contribution in [1.29, 1.82) is 0 Å². The predicted molar refractivity (Wildman–Crippen MR) is 249 cm³/mol. The molecule has 0 atom stereocenters. The Balaban J connectivity index is 0.000000918. The van der Waals surface area contributed by atoms with Crippen molar-refractivity contribution in [2.45, 2.75) is 229 Å². The summed E-state index contributed by atoms with van der Waals surface area (Å²) >= 11 is 0.968. The zero-order valence-electron chi connectivity index (χ0n) is 39.0. The molecule has 0 aliphatic carbocycles.